The third-order valence-corrected chi connectivity index (χ3v) is 4.07. The number of amides is 4. The number of hydrogen-bond donors (Lipinski definition) is 4. The van der Waals surface area contributed by atoms with Gasteiger partial charge in [-0.25, -0.2) is 4.79 Å². The van der Waals surface area contributed by atoms with E-state index in [-0.39, 0.29) is 24.8 Å². The Balaban J connectivity index is 2.15. The van der Waals surface area contributed by atoms with Crippen LogP contribution in [0.3, 0.4) is 0 Å². The van der Waals surface area contributed by atoms with Gasteiger partial charge in [-0.1, -0.05) is 12.2 Å². The highest BCUT2D eigenvalue weighted by molar-refractivity contribution is 5.85. The molecular formula is C16H29N5O3. The Labute approximate surface area is 143 Å². The van der Waals surface area contributed by atoms with E-state index in [9.17, 15) is 14.4 Å². The quantitative estimate of drug-likeness (QED) is 0.432. The molecule has 0 spiro atoms. The van der Waals surface area contributed by atoms with Crippen LogP contribution in [0.2, 0.25) is 0 Å². The van der Waals surface area contributed by atoms with Crippen LogP contribution < -0.4 is 21.7 Å². The van der Waals surface area contributed by atoms with Crippen molar-refractivity contribution >= 4 is 17.8 Å². The lowest BCUT2D eigenvalue weighted by atomic mass is 10.0. The number of carbonyl (C=O) groups excluding carboxylic acids is 3. The number of hydrogen-bond acceptors (Lipinski definition) is 4. The number of carbonyl (C=O) groups is 3. The van der Waals surface area contributed by atoms with Gasteiger partial charge in [-0.3, -0.25) is 14.5 Å². The number of primary amides is 1. The first-order chi connectivity index (χ1) is 11.3. The second kappa shape index (κ2) is 9.92. The molecule has 5 N–H and O–H groups in total. The topological polar surface area (TPSA) is 117 Å². The molecule has 0 bridgehead atoms. The summed E-state index contributed by atoms with van der Waals surface area (Å²) in [6.07, 6.45) is 6.05. The van der Waals surface area contributed by atoms with Gasteiger partial charge in [0, 0.05) is 26.1 Å². The predicted octanol–water partition coefficient (Wildman–Crippen LogP) is -0.292. The highest BCUT2D eigenvalue weighted by Crippen LogP contribution is 2.20. The lowest BCUT2D eigenvalue weighted by Crippen LogP contribution is -2.53. The summed E-state index contributed by atoms with van der Waals surface area (Å²) in [6, 6.07) is -0.643. The Hall–Kier alpha value is -2.09. The lowest BCUT2D eigenvalue weighted by Gasteiger charge is -2.33. The summed E-state index contributed by atoms with van der Waals surface area (Å²) in [5.41, 5.74) is 4.40. The molecule has 0 aromatic carbocycles. The second-order valence-corrected chi connectivity index (χ2v) is 6.28. The molecule has 0 aliphatic carbocycles. The van der Waals surface area contributed by atoms with E-state index < -0.39 is 11.6 Å². The molecule has 136 valence electrons. The van der Waals surface area contributed by atoms with E-state index in [0.717, 1.165) is 25.9 Å². The fraction of sp³-hybridized carbons (Fsp3) is 0.688. The van der Waals surface area contributed by atoms with Crippen molar-refractivity contribution in [1.29, 1.82) is 0 Å². The predicted molar refractivity (Wildman–Crippen MR) is 92.2 cm³/mol. The molecular weight excluding hydrogens is 310 g/mol. The van der Waals surface area contributed by atoms with Gasteiger partial charge in [0.25, 0.3) is 0 Å². The number of nitrogens with one attached hydrogen (secondary N) is 3. The van der Waals surface area contributed by atoms with E-state index in [1.54, 1.807) is 12.2 Å². The van der Waals surface area contributed by atoms with E-state index in [2.05, 4.69) is 20.9 Å². The first kappa shape index (κ1) is 20.0. The van der Waals surface area contributed by atoms with Gasteiger partial charge < -0.3 is 21.7 Å². The van der Waals surface area contributed by atoms with Gasteiger partial charge in [0.1, 0.15) is 0 Å². The second-order valence-electron chi connectivity index (χ2n) is 6.28. The van der Waals surface area contributed by atoms with Crippen LogP contribution in [0.25, 0.3) is 0 Å². The Morgan fingerprint density at radius 3 is 2.21 bits per heavy atom. The Kier molecular flexibility index (Phi) is 8.25. The Bertz CT molecular complexity index is 470. The standard InChI is InChI=1S/C16H29N5O3/c1-16(2,21-11-5-6-12-21)14(23)19-9-4-3-8-18-13(22)7-10-20-15(17)24/h3-4H,5-12H2,1-2H3,(H,18,22)(H,19,23)(H3,17,20,24)/b4-3+. The summed E-state index contributed by atoms with van der Waals surface area (Å²) in [4.78, 5) is 36.4. The van der Waals surface area contributed by atoms with Crippen molar-refractivity contribution < 1.29 is 14.4 Å². The van der Waals surface area contributed by atoms with Crippen LogP contribution in [0.4, 0.5) is 4.79 Å². The highest BCUT2D eigenvalue weighted by atomic mass is 16.2. The molecule has 1 rings (SSSR count). The third kappa shape index (κ3) is 6.99. The fourth-order valence-corrected chi connectivity index (χ4v) is 2.51. The number of nitrogens with zero attached hydrogens (tertiary/aromatic N) is 1. The molecule has 0 radical (unpaired) electrons. The van der Waals surface area contributed by atoms with Crippen LogP contribution in [-0.2, 0) is 9.59 Å². The zero-order valence-electron chi connectivity index (χ0n) is 14.6. The van der Waals surface area contributed by atoms with Crippen molar-refractivity contribution in [3.05, 3.63) is 12.2 Å². The normalized spacial score (nSPS) is 15.4. The molecule has 0 unspecified atom stereocenters. The number of rotatable bonds is 9. The van der Waals surface area contributed by atoms with Crippen LogP contribution in [0.1, 0.15) is 33.1 Å². The molecule has 1 heterocycles. The first-order valence-electron chi connectivity index (χ1n) is 8.32. The maximum atomic E-state index is 12.3. The summed E-state index contributed by atoms with van der Waals surface area (Å²) < 4.78 is 0. The molecule has 0 aromatic rings. The summed E-state index contributed by atoms with van der Waals surface area (Å²) in [7, 11) is 0. The molecule has 0 atom stereocenters. The maximum Gasteiger partial charge on any atom is 0.312 e. The average Bonchev–Trinajstić information content (AvgIpc) is 3.05. The van der Waals surface area contributed by atoms with Crippen molar-refractivity contribution in [1.82, 2.24) is 20.9 Å². The van der Waals surface area contributed by atoms with E-state index in [1.807, 2.05) is 13.8 Å². The van der Waals surface area contributed by atoms with Crippen LogP contribution in [0.15, 0.2) is 12.2 Å². The molecule has 1 aliphatic heterocycles. The van der Waals surface area contributed by atoms with Gasteiger partial charge in [0.15, 0.2) is 0 Å². The molecule has 0 aromatic heterocycles. The molecule has 8 heteroatoms. The summed E-state index contributed by atoms with van der Waals surface area (Å²) in [6.45, 7) is 6.83. The fourth-order valence-electron chi connectivity index (χ4n) is 2.51. The molecule has 0 saturated carbocycles. The van der Waals surface area contributed by atoms with Crippen molar-refractivity contribution in [3.8, 4) is 0 Å². The van der Waals surface area contributed by atoms with E-state index in [0.29, 0.717) is 13.1 Å². The molecule has 24 heavy (non-hydrogen) atoms. The van der Waals surface area contributed by atoms with Gasteiger partial charge in [-0.05, 0) is 39.8 Å². The molecule has 1 fully saturated rings. The largest absolute Gasteiger partial charge is 0.353 e. The SMILES string of the molecule is CC(C)(C(=O)NC/C=C/CNC(=O)CCNC(N)=O)N1CCCC1. The van der Waals surface area contributed by atoms with Crippen molar-refractivity contribution in [2.75, 3.05) is 32.7 Å². The number of urea groups is 1. The minimum absolute atomic E-state index is 0.00983. The minimum atomic E-state index is -0.643. The summed E-state index contributed by atoms with van der Waals surface area (Å²) in [5.74, 6) is -0.164. The van der Waals surface area contributed by atoms with Crippen LogP contribution >= 0.6 is 0 Å². The Morgan fingerprint density at radius 1 is 1.04 bits per heavy atom. The molecule has 8 nitrogen and oxygen atoms in total. The molecule has 1 aliphatic rings. The van der Waals surface area contributed by atoms with Gasteiger partial charge in [0.2, 0.25) is 11.8 Å². The average molecular weight is 339 g/mol. The summed E-state index contributed by atoms with van der Waals surface area (Å²) in [5, 5.41) is 7.92. The smallest absolute Gasteiger partial charge is 0.312 e. The minimum Gasteiger partial charge on any atom is -0.353 e. The van der Waals surface area contributed by atoms with E-state index >= 15 is 0 Å². The van der Waals surface area contributed by atoms with E-state index in [1.165, 1.54) is 0 Å². The zero-order chi connectivity index (χ0) is 18.0. The Morgan fingerprint density at radius 2 is 1.62 bits per heavy atom. The molecule has 1 saturated heterocycles. The summed E-state index contributed by atoms with van der Waals surface area (Å²) >= 11 is 0. The van der Waals surface area contributed by atoms with Gasteiger partial charge >= 0.3 is 6.03 Å². The van der Waals surface area contributed by atoms with Gasteiger partial charge in [-0.2, -0.15) is 0 Å². The lowest BCUT2D eigenvalue weighted by molar-refractivity contribution is -0.130. The van der Waals surface area contributed by atoms with Gasteiger partial charge in [0.05, 0.1) is 5.54 Å². The zero-order valence-corrected chi connectivity index (χ0v) is 14.6. The van der Waals surface area contributed by atoms with Crippen molar-refractivity contribution in [2.45, 2.75) is 38.6 Å². The van der Waals surface area contributed by atoms with Crippen LogP contribution in [0, 0.1) is 0 Å². The monoisotopic (exact) mass is 339 g/mol. The third-order valence-electron chi connectivity index (χ3n) is 4.07. The van der Waals surface area contributed by atoms with Crippen molar-refractivity contribution in [2.24, 2.45) is 5.73 Å². The van der Waals surface area contributed by atoms with Gasteiger partial charge in [-0.15, -0.1) is 0 Å². The maximum absolute atomic E-state index is 12.3. The highest BCUT2D eigenvalue weighted by Gasteiger charge is 2.35. The van der Waals surface area contributed by atoms with E-state index in [4.69, 9.17) is 5.73 Å². The molecule has 4 amide bonds. The van der Waals surface area contributed by atoms with Crippen molar-refractivity contribution in [3.63, 3.8) is 0 Å². The number of likely N-dealkylation sites (tertiary alicyclic amines) is 1. The van der Waals surface area contributed by atoms with Crippen LogP contribution in [0.5, 0.6) is 0 Å². The first-order valence-corrected chi connectivity index (χ1v) is 8.32. The number of nitrogens with two attached hydrogens (primary N) is 1. The van der Waals surface area contributed by atoms with Crippen LogP contribution in [-0.4, -0.2) is 61.0 Å².